The van der Waals surface area contributed by atoms with Crippen molar-refractivity contribution in [2.24, 2.45) is 5.92 Å². The Balaban J connectivity index is 2.47. The van der Waals surface area contributed by atoms with E-state index < -0.39 is 18.0 Å². The van der Waals surface area contributed by atoms with E-state index in [4.69, 9.17) is 32.7 Å². The summed E-state index contributed by atoms with van der Waals surface area (Å²) in [7, 11) is 0. The SMILES string of the molecule is CCOC(=O)C1=C(CC)NC(=O)NC1c1cc(Cl)c(OCC(C)C)c(Cl)c1. The van der Waals surface area contributed by atoms with Crippen LogP contribution in [0.5, 0.6) is 5.75 Å². The van der Waals surface area contributed by atoms with Crippen molar-refractivity contribution >= 4 is 35.2 Å². The van der Waals surface area contributed by atoms with E-state index in [0.29, 0.717) is 51.6 Å². The van der Waals surface area contributed by atoms with E-state index in [0.717, 1.165) is 0 Å². The van der Waals surface area contributed by atoms with Gasteiger partial charge in [0.25, 0.3) is 0 Å². The Labute approximate surface area is 169 Å². The molecule has 1 unspecified atom stereocenters. The lowest BCUT2D eigenvalue weighted by molar-refractivity contribution is -0.139. The van der Waals surface area contributed by atoms with Crippen LogP contribution in [0, 0.1) is 5.92 Å². The number of carbonyl (C=O) groups excluding carboxylic acids is 2. The van der Waals surface area contributed by atoms with Crippen molar-refractivity contribution < 1.29 is 19.1 Å². The number of hydrogen-bond donors (Lipinski definition) is 2. The summed E-state index contributed by atoms with van der Waals surface area (Å²) in [5, 5.41) is 6.03. The number of esters is 1. The van der Waals surface area contributed by atoms with E-state index in [-0.39, 0.29) is 6.61 Å². The number of urea groups is 1. The van der Waals surface area contributed by atoms with Gasteiger partial charge in [0.05, 0.1) is 34.9 Å². The Morgan fingerprint density at radius 2 is 1.85 bits per heavy atom. The Morgan fingerprint density at radius 3 is 2.37 bits per heavy atom. The highest BCUT2D eigenvalue weighted by Crippen LogP contribution is 2.39. The van der Waals surface area contributed by atoms with E-state index in [1.807, 2.05) is 20.8 Å². The molecule has 1 aromatic carbocycles. The molecule has 0 radical (unpaired) electrons. The first-order chi connectivity index (χ1) is 12.8. The van der Waals surface area contributed by atoms with Gasteiger partial charge in [0.15, 0.2) is 5.75 Å². The maximum Gasteiger partial charge on any atom is 0.338 e. The van der Waals surface area contributed by atoms with Gasteiger partial charge >= 0.3 is 12.0 Å². The molecule has 0 saturated heterocycles. The third kappa shape index (κ3) is 5.08. The maximum absolute atomic E-state index is 12.5. The fraction of sp³-hybridized carbons (Fsp3) is 0.474. The van der Waals surface area contributed by atoms with E-state index in [2.05, 4.69) is 10.6 Å². The first-order valence-corrected chi connectivity index (χ1v) is 9.63. The standard InChI is InChI=1S/C19H24Cl2N2O4/c1-5-14-15(18(24)26-6-2)16(23-19(25)22-14)11-7-12(20)17(13(21)8-11)27-9-10(3)4/h7-8,10,16H,5-6,9H2,1-4H3,(H2,22,23,25). The van der Waals surface area contributed by atoms with Crippen LogP contribution in [0.3, 0.4) is 0 Å². The lowest BCUT2D eigenvalue weighted by Gasteiger charge is -2.29. The van der Waals surface area contributed by atoms with Gasteiger partial charge in [0, 0.05) is 5.70 Å². The smallest absolute Gasteiger partial charge is 0.338 e. The summed E-state index contributed by atoms with van der Waals surface area (Å²) in [6, 6.07) is 2.16. The number of nitrogens with one attached hydrogen (secondary N) is 2. The van der Waals surface area contributed by atoms with Gasteiger partial charge in [-0.3, -0.25) is 0 Å². The number of carbonyl (C=O) groups is 2. The molecular weight excluding hydrogens is 391 g/mol. The van der Waals surface area contributed by atoms with Crippen LogP contribution in [0.4, 0.5) is 4.79 Å². The van der Waals surface area contributed by atoms with Gasteiger partial charge in [-0.2, -0.15) is 0 Å². The summed E-state index contributed by atoms with van der Waals surface area (Å²) in [6.45, 7) is 8.30. The molecule has 1 aromatic rings. The second kappa shape index (κ2) is 9.33. The van der Waals surface area contributed by atoms with Crippen molar-refractivity contribution in [2.45, 2.75) is 40.2 Å². The molecule has 0 aliphatic carbocycles. The van der Waals surface area contributed by atoms with Crippen LogP contribution >= 0.6 is 23.2 Å². The summed E-state index contributed by atoms with van der Waals surface area (Å²) in [4.78, 5) is 24.6. The summed E-state index contributed by atoms with van der Waals surface area (Å²) in [6.07, 6.45) is 0.467. The van der Waals surface area contributed by atoms with Crippen LogP contribution in [0.15, 0.2) is 23.4 Å². The minimum atomic E-state index is -0.720. The van der Waals surface area contributed by atoms with E-state index in [1.54, 1.807) is 19.1 Å². The molecule has 0 aromatic heterocycles. The van der Waals surface area contributed by atoms with Crippen molar-refractivity contribution in [3.8, 4) is 5.75 Å². The van der Waals surface area contributed by atoms with Crippen molar-refractivity contribution in [3.05, 3.63) is 39.0 Å². The molecular formula is C19H24Cl2N2O4. The van der Waals surface area contributed by atoms with Crippen molar-refractivity contribution in [1.29, 1.82) is 0 Å². The third-order valence-corrected chi connectivity index (χ3v) is 4.48. The largest absolute Gasteiger partial charge is 0.490 e. The first kappa shape index (κ1) is 21.4. The van der Waals surface area contributed by atoms with Crippen LogP contribution < -0.4 is 15.4 Å². The number of ether oxygens (including phenoxy) is 2. The summed E-state index contributed by atoms with van der Waals surface area (Å²) in [5.41, 5.74) is 1.42. The van der Waals surface area contributed by atoms with Gasteiger partial charge in [-0.05, 0) is 37.0 Å². The fourth-order valence-electron chi connectivity index (χ4n) is 2.73. The highest BCUT2D eigenvalue weighted by molar-refractivity contribution is 6.37. The van der Waals surface area contributed by atoms with Crippen LogP contribution in [0.25, 0.3) is 0 Å². The maximum atomic E-state index is 12.5. The lowest BCUT2D eigenvalue weighted by atomic mass is 9.94. The van der Waals surface area contributed by atoms with Crippen molar-refractivity contribution in [2.75, 3.05) is 13.2 Å². The Bertz CT molecular complexity index is 739. The summed E-state index contributed by atoms with van der Waals surface area (Å²) < 4.78 is 10.9. The fourth-order valence-corrected chi connectivity index (χ4v) is 3.34. The number of allylic oxidation sites excluding steroid dienone is 1. The van der Waals surface area contributed by atoms with Gasteiger partial charge in [-0.15, -0.1) is 0 Å². The van der Waals surface area contributed by atoms with Gasteiger partial charge < -0.3 is 20.1 Å². The van der Waals surface area contributed by atoms with Gasteiger partial charge in [0.2, 0.25) is 0 Å². The molecule has 2 rings (SSSR count). The topological polar surface area (TPSA) is 76.7 Å². The Morgan fingerprint density at radius 1 is 1.22 bits per heavy atom. The molecule has 1 heterocycles. The van der Waals surface area contributed by atoms with Crippen molar-refractivity contribution in [1.82, 2.24) is 10.6 Å². The predicted octanol–water partition coefficient (Wildman–Crippen LogP) is 4.61. The normalized spacial score (nSPS) is 16.9. The molecule has 2 amide bonds. The third-order valence-electron chi connectivity index (χ3n) is 3.92. The van der Waals surface area contributed by atoms with Gasteiger partial charge in [-0.1, -0.05) is 44.0 Å². The number of rotatable bonds is 7. The van der Waals surface area contributed by atoms with Crippen LogP contribution in [-0.4, -0.2) is 25.2 Å². The predicted molar refractivity (Wildman–Crippen MR) is 105 cm³/mol. The minimum absolute atomic E-state index is 0.226. The van der Waals surface area contributed by atoms with E-state index in [9.17, 15) is 9.59 Å². The molecule has 1 atom stereocenters. The average molecular weight is 415 g/mol. The number of hydrogen-bond acceptors (Lipinski definition) is 4. The molecule has 0 fully saturated rings. The zero-order valence-corrected chi connectivity index (χ0v) is 17.3. The molecule has 1 aliphatic heterocycles. The minimum Gasteiger partial charge on any atom is -0.490 e. The first-order valence-electron chi connectivity index (χ1n) is 8.87. The molecule has 0 bridgehead atoms. The van der Waals surface area contributed by atoms with Crippen LogP contribution in [0.2, 0.25) is 10.0 Å². The van der Waals surface area contributed by atoms with Gasteiger partial charge in [0.1, 0.15) is 0 Å². The quantitative estimate of drug-likeness (QED) is 0.638. The molecule has 0 saturated carbocycles. The van der Waals surface area contributed by atoms with Crippen LogP contribution in [-0.2, 0) is 9.53 Å². The van der Waals surface area contributed by atoms with Crippen LogP contribution in [0.1, 0.15) is 45.7 Å². The number of amides is 2. The number of benzene rings is 1. The monoisotopic (exact) mass is 414 g/mol. The molecule has 2 N–H and O–H groups in total. The summed E-state index contributed by atoms with van der Waals surface area (Å²) in [5.74, 6) is 0.193. The molecule has 8 heteroatoms. The Hall–Kier alpha value is -1.92. The Kier molecular flexibility index (Phi) is 7.39. The number of halogens is 2. The van der Waals surface area contributed by atoms with E-state index in [1.165, 1.54) is 0 Å². The molecule has 6 nitrogen and oxygen atoms in total. The molecule has 27 heavy (non-hydrogen) atoms. The van der Waals surface area contributed by atoms with E-state index >= 15 is 0 Å². The second-order valence-electron chi connectivity index (χ2n) is 6.52. The average Bonchev–Trinajstić information content (AvgIpc) is 2.59. The zero-order valence-electron chi connectivity index (χ0n) is 15.8. The summed E-state index contributed by atoms with van der Waals surface area (Å²) >= 11 is 12.7. The second-order valence-corrected chi connectivity index (χ2v) is 7.33. The lowest BCUT2D eigenvalue weighted by Crippen LogP contribution is -2.45. The highest BCUT2D eigenvalue weighted by atomic mass is 35.5. The zero-order chi connectivity index (χ0) is 20.1. The molecule has 1 aliphatic rings. The van der Waals surface area contributed by atoms with Gasteiger partial charge in [-0.25, -0.2) is 9.59 Å². The molecule has 148 valence electrons. The highest BCUT2D eigenvalue weighted by Gasteiger charge is 2.33. The molecule has 0 spiro atoms. The van der Waals surface area contributed by atoms with Crippen molar-refractivity contribution in [3.63, 3.8) is 0 Å².